The summed E-state index contributed by atoms with van der Waals surface area (Å²) in [6, 6.07) is 6.11. The highest BCUT2D eigenvalue weighted by molar-refractivity contribution is 5.89. The van der Waals surface area contributed by atoms with Gasteiger partial charge in [0.2, 0.25) is 5.95 Å². The van der Waals surface area contributed by atoms with Crippen molar-refractivity contribution in [3.63, 3.8) is 0 Å². The van der Waals surface area contributed by atoms with Gasteiger partial charge in [-0.05, 0) is 18.6 Å². The first-order valence-corrected chi connectivity index (χ1v) is 9.76. The first-order chi connectivity index (χ1) is 14.7. The average molecular weight is 400 g/mol. The normalized spacial score (nSPS) is 17.3. The Bertz CT molecular complexity index is 1220. The third-order valence-corrected chi connectivity index (χ3v) is 5.62. The molecule has 4 aromatic rings. The zero-order valence-corrected chi connectivity index (χ0v) is 16.2. The number of aromatic nitrogens is 7. The van der Waals surface area contributed by atoms with Crippen LogP contribution in [0.1, 0.15) is 18.9 Å². The number of nitrogen functional groups attached to an aromatic ring is 1. The van der Waals surface area contributed by atoms with Crippen LogP contribution in [-0.4, -0.2) is 47.8 Å². The second-order valence-corrected chi connectivity index (χ2v) is 7.37. The zero-order chi connectivity index (χ0) is 20.5. The molecule has 2 atom stereocenters. The first kappa shape index (κ1) is 18.1. The molecule has 30 heavy (non-hydrogen) atoms. The average Bonchev–Trinajstić information content (AvgIpc) is 3.52. The van der Waals surface area contributed by atoms with Crippen LogP contribution in [0.3, 0.4) is 0 Å². The predicted octanol–water partition coefficient (Wildman–Crippen LogP) is 2.17. The third-order valence-electron chi connectivity index (χ3n) is 5.62. The molecule has 0 saturated carbocycles. The molecule has 5 rings (SSSR count). The molecule has 0 aromatic carbocycles. The van der Waals surface area contributed by atoms with E-state index in [1.165, 1.54) is 0 Å². The van der Waals surface area contributed by atoms with Crippen molar-refractivity contribution in [2.24, 2.45) is 5.92 Å². The van der Waals surface area contributed by atoms with Crippen molar-refractivity contribution in [3.8, 4) is 17.3 Å². The molecule has 1 saturated heterocycles. The van der Waals surface area contributed by atoms with Gasteiger partial charge in [-0.1, -0.05) is 0 Å². The summed E-state index contributed by atoms with van der Waals surface area (Å²) in [5, 5.41) is 15.0. The molecule has 0 aliphatic carbocycles. The van der Waals surface area contributed by atoms with Gasteiger partial charge in [0, 0.05) is 48.5 Å². The van der Waals surface area contributed by atoms with Crippen LogP contribution >= 0.6 is 0 Å². The van der Waals surface area contributed by atoms with E-state index < -0.39 is 0 Å². The first-order valence-electron chi connectivity index (χ1n) is 9.76. The Morgan fingerprint density at radius 2 is 2.23 bits per heavy atom. The van der Waals surface area contributed by atoms with Crippen LogP contribution < -0.4 is 10.6 Å². The van der Waals surface area contributed by atoms with E-state index in [1.54, 1.807) is 18.7 Å². The van der Waals surface area contributed by atoms with Crippen LogP contribution in [0.5, 0.6) is 0 Å². The molecule has 10 nitrogen and oxygen atoms in total. The minimum absolute atomic E-state index is 0.0310. The van der Waals surface area contributed by atoms with Crippen LogP contribution in [0.25, 0.3) is 22.3 Å². The number of fused-ring (bicyclic) bond motifs is 1. The molecular formula is C20H20N10. The zero-order valence-electron chi connectivity index (χ0n) is 16.2. The number of anilines is 2. The summed E-state index contributed by atoms with van der Waals surface area (Å²) in [5.41, 5.74) is 8.25. The van der Waals surface area contributed by atoms with Gasteiger partial charge in [0.05, 0.1) is 30.4 Å². The molecule has 1 aliphatic heterocycles. The molecular weight excluding hydrogens is 380 g/mol. The molecule has 0 spiro atoms. The highest BCUT2D eigenvalue weighted by Gasteiger charge is 2.32. The van der Waals surface area contributed by atoms with E-state index in [1.807, 2.05) is 29.2 Å². The van der Waals surface area contributed by atoms with E-state index >= 15 is 0 Å². The van der Waals surface area contributed by atoms with Crippen LogP contribution in [0.2, 0.25) is 0 Å². The highest BCUT2D eigenvalue weighted by Crippen LogP contribution is 2.33. The Kier molecular flexibility index (Phi) is 4.48. The summed E-state index contributed by atoms with van der Waals surface area (Å²) in [7, 11) is 0. The molecule has 150 valence electrons. The molecule has 0 amide bonds. The Hall–Kier alpha value is -4.00. The quantitative estimate of drug-likeness (QED) is 0.520. The lowest BCUT2D eigenvalue weighted by molar-refractivity contribution is 0.332. The summed E-state index contributed by atoms with van der Waals surface area (Å²) in [4.78, 5) is 22.3. The predicted molar refractivity (Wildman–Crippen MR) is 111 cm³/mol. The number of hydrogen-bond acceptors (Lipinski definition) is 8. The van der Waals surface area contributed by atoms with Crippen LogP contribution in [0, 0.1) is 17.2 Å². The fourth-order valence-electron chi connectivity index (χ4n) is 4.16. The Morgan fingerprint density at radius 1 is 1.30 bits per heavy atom. The Labute approximate surface area is 172 Å². The van der Waals surface area contributed by atoms with Gasteiger partial charge in [-0.25, -0.2) is 15.0 Å². The highest BCUT2D eigenvalue weighted by atomic mass is 15.3. The lowest BCUT2D eigenvalue weighted by atomic mass is 9.96. The van der Waals surface area contributed by atoms with Crippen molar-refractivity contribution in [1.82, 2.24) is 34.7 Å². The van der Waals surface area contributed by atoms with Crippen LogP contribution in [-0.2, 0) is 0 Å². The van der Waals surface area contributed by atoms with Gasteiger partial charge in [-0.15, -0.1) is 0 Å². The van der Waals surface area contributed by atoms with Crippen molar-refractivity contribution < 1.29 is 0 Å². The number of aromatic amines is 1. The van der Waals surface area contributed by atoms with E-state index in [0.29, 0.717) is 6.42 Å². The summed E-state index contributed by atoms with van der Waals surface area (Å²) in [6.45, 7) is 1.64. The smallest absolute Gasteiger partial charge is 0.221 e. The molecule has 0 bridgehead atoms. The largest absolute Gasteiger partial charge is 0.368 e. The maximum atomic E-state index is 9.45. The van der Waals surface area contributed by atoms with Crippen molar-refractivity contribution in [2.45, 2.75) is 18.9 Å². The molecule has 4 aromatic heterocycles. The van der Waals surface area contributed by atoms with Gasteiger partial charge >= 0.3 is 0 Å². The summed E-state index contributed by atoms with van der Waals surface area (Å²) in [5.74, 6) is 1.35. The number of nitriles is 1. The van der Waals surface area contributed by atoms with Gasteiger partial charge in [0.1, 0.15) is 17.8 Å². The van der Waals surface area contributed by atoms with Crippen molar-refractivity contribution >= 4 is 22.8 Å². The lowest BCUT2D eigenvalue weighted by Gasteiger charge is -2.23. The standard InChI is InChI=1S/C20H20N10/c21-5-1-16(13-4-8-29(10-13)17-3-7-24-20(22)28-17)30-11-14(9-27-30)18-15-2-6-23-19(15)26-12-25-18/h2-3,6-7,9,11-13,16H,1,4,8,10H2,(H2,22,24,28)(H,23,25,26). The SMILES string of the molecule is N#CCC(C1CCN(c2ccnc(N)n2)C1)n1cc(-c2ncnc3[nH]ccc23)cn1. The molecule has 5 heterocycles. The second-order valence-electron chi connectivity index (χ2n) is 7.37. The molecule has 2 unspecified atom stereocenters. The van der Waals surface area contributed by atoms with Gasteiger partial charge in [-0.3, -0.25) is 4.68 Å². The Morgan fingerprint density at radius 3 is 3.10 bits per heavy atom. The van der Waals surface area contributed by atoms with Crippen LogP contribution in [0.4, 0.5) is 11.8 Å². The van der Waals surface area contributed by atoms with E-state index in [9.17, 15) is 5.26 Å². The van der Waals surface area contributed by atoms with E-state index in [2.05, 4.69) is 41.0 Å². The van der Waals surface area contributed by atoms with E-state index in [0.717, 1.165) is 47.6 Å². The lowest BCUT2D eigenvalue weighted by Crippen LogP contribution is -2.25. The minimum Gasteiger partial charge on any atom is -0.368 e. The van der Waals surface area contributed by atoms with E-state index in [-0.39, 0.29) is 17.9 Å². The molecule has 1 aliphatic rings. The molecule has 0 radical (unpaired) electrons. The van der Waals surface area contributed by atoms with Crippen LogP contribution in [0.15, 0.2) is 43.2 Å². The summed E-state index contributed by atoms with van der Waals surface area (Å²) < 4.78 is 1.90. The molecule has 10 heteroatoms. The van der Waals surface area contributed by atoms with Gasteiger partial charge in [0.15, 0.2) is 0 Å². The number of hydrogen-bond donors (Lipinski definition) is 2. The summed E-state index contributed by atoms with van der Waals surface area (Å²) >= 11 is 0. The molecule has 3 N–H and O–H groups in total. The fraction of sp³-hybridized carbons (Fsp3) is 0.300. The monoisotopic (exact) mass is 400 g/mol. The van der Waals surface area contributed by atoms with E-state index in [4.69, 9.17) is 5.73 Å². The number of H-pyrrole nitrogens is 1. The number of nitrogens with two attached hydrogens (primary N) is 1. The van der Waals surface area contributed by atoms with Crippen molar-refractivity contribution in [1.29, 1.82) is 5.26 Å². The van der Waals surface area contributed by atoms with Gasteiger partial charge in [-0.2, -0.15) is 15.3 Å². The van der Waals surface area contributed by atoms with Gasteiger partial charge < -0.3 is 15.6 Å². The maximum absolute atomic E-state index is 9.45. The maximum Gasteiger partial charge on any atom is 0.221 e. The Balaban J connectivity index is 1.41. The topological polar surface area (TPSA) is 138 Å². The molecule has 1 fully saturated rings. The minimum atomic E-state index is -0.0310. The van der Waals surface area contributed by atoms with Crippen molar-refractivity contribution in [3.05, 3.63) is 43.2 Å². The second kappa shape index (κ2) is 7.44. The van der Waals surface area contributed by atoms with Gasteiger partial charge in [0.25, 0.3) is 0 Å². The van der Waals surface area contributed by atoms with Crippen molar-refractivity contribution in [2.75, 3.05) is 23.7 Å². The fourth-order valence-corrected chi connectivity index (χ4v) is 4.16. The number of nitrogens with one attached hydrogen (secondary N) is 1. The number of rotatable bonds is 5. The summed E-state index contributed by atoms with van der Waals surface area (Å²) in [6.07, 6.45) is 10.2. The number of nitrogens with zero attached hydrogens (tertiary/aromatic N) is 8. The third kappa shape index (κ3) is 3.20.